The summed E-state index contributed by atoms with van der Waals surface area (Å²) >= 11 is 6.16. The second kappa shape index (κ2) is 7.20. The minimum absolute atomic E-state index is 0.0147. The lowest BCUT2D eigenvalue weighted by molar-refractivity contribution is 0.188. The first kappa shape index (κ1) is 17.2. The molecule has 0 radical (unpaired) electrons. The molecule has 136 valence electrons. The molecular weight excluding hydrogens is 348 g/mol. The van der Waals surface area contributed by atoms with E-state index in [2.05, 4.69) is 18.3 Å². The van der Waals surface area contributed by atoms with E-state index in [0.717, 1.165) is 30.6 Å². The van der Waals surface area contributed by atoms with Crippen LogP contribution in [0.3, 0.4) is 0 Å². The fourth-order valence-corrected chi connectivity index (χ4v) is 3.97. The highest BCUT2D eigenvalue weighted by atomic mass is 35.5. The minimum Gasteiger partial charge on any atom is -0.486 e. The average molecular weight is 371 g/mol. The number of carbonyl (C=O) groups excluding carboxylic acids is 1. The summed E-state index contributed by atoms with van der Waals surface area (Å²) in [4.78, 5) is 14.9. The fourth-order valence-electron chi connectivity index (χ4n) is 3.81. The Balaban J connectivity index is 1.63. The van der Waals surface area contributed by atoms with Gasteiger partial charge in [-0.05, 0) is 67.5 Å². The van der Waals surface area contributed by atoms with Crippen molar-refractivity contribution in [1.82, 2.24) is 0 Å². The van der Waals surface area contributed by atoms with Gasteiger partial charge in [0.25, 0.3) is 0 Å². The van der Waals surface area contributed by atoms with Crippen LogP contribution in [0.5, 0.6) is 5.75 Å². The van der Waals surface area contributed by atoms with E-state index in [9.17, 15) is 4.79 Å². The van der Waals surface area contributed by atoms with Gasteiger partial charge in [0.1, 0.15) is 11.9 Å². The molecule has 1 aliphatic heterocycles. The van der Waals surface area contributed by atoms with Crippen molar-refractivity contribution in [2.24, 2.45) is 0 Å². The zero-order valence-corrected chi connectivity index (χ0v) is 15.7. The lowest BCUT2D eigenvalue weighted by Crippen LogP contribution is -2.45. The van der Waals surface area contributed by atoms with Crippen LogP contribution in [0.4, 0.5) is 16.2 Å². The van der Waals surface area contributed by atoms with Gasteiger partial charge < -0.3 is 10.1 Å². The zero-order chi connectivity index (χ0) is 18.1. The van der Waals surface area contributed by atoms with Crippen LogP contribution in [0.2, 0.25) is 5.02 Å². The quantitative estimate of drug-likeness (QED) is 0.765. The maximum absolute atomic E-state index is 13.1. The van der Waals surface area contributed by atoms with Crippen molar-refractivity contribution >= 4 is 29.0 Å². The highest BCUT2D eigenvalue weighted by Gasteiger charge is 2.30. The average Bonchev–Trinajstić information content (AvgIpc) is 2.67. The number of ether oxygens (including phenoxy) is 1. The van der Waals surface area contributed by atoms with Crippen molar-refractivity contribution in [3.8, 4) is 5.75 Å². The monoisotopic (exact) mass is 370 g/mol. The number of benzene rings is 2. The molecule has 1 atom stereocenters. The number of carbonyl (C=O) groups is 1. The van der Waals surface area contributed by atoms with Crippen molar-refractivity contribution < 1.29 is 9.53 Å². The number of anilines is 2. The minimum atomic E-state index is -0.130. The highest BCUT2D eigenvalue weighted by Crippen LogP contribution is 2.37. The summed E-state index contributed by atoms with van der Waals surface area (Å²) in [5.41, 5.74) is 4.28. The summed E-state index contributed by atoms with van der Waals surface area (Å²) in [6.07, 6.45) is 5.33. The van der Waals surface area contributed by atoms with Crippen LogP contribution in [0.15, 0.2) is 36.4 Å². The molecule has 2 amide bonds. The largest absolute Gasteiger partial charge is 0.486 e. The second-order valence-corrected chi connectivity index (χ2v) is 7.39. The molecule has 0 bridgehead atoms. The van der Waals surface area contributed by atoms with Gasteiger partial charge in [-0.25, -0.2) is 4.79 Å². The van der Waals surface area contributed by atoms with Crippen LogP contribution >= 0.6 is 11.6 Å². The predicted octanol–water partition coefficient (Wildman–Crippen LogP) is 5.43. The number of hydrogen-bond acceptors (Lipinski definition) is 2. The fraction of sp³-hybridized carbons (Fsp3) is 0.381. The summed E-state index contributed by atoms with van der Waals surface area (Å²) < 4.78 is 5.98. The first-order chi connectivity index (χ1) is 12.7. The number of rotatable bonds is 2. The van der Waals surface area contributed by atoms with Crippen LogP contribution in [0.25, 0.3) is 0 Å². The van der Waals surface area contributed by atoms with Crippen LogP contribution < -0.4 is 15.0 Å². The molecule has 0 fully saturated rings. The molecule has 1 aliphatic carbocycles. The summed E-state index contributed by atoms with van der Waals surface area (Å²) in [5, 5.41) is 3.73. The van der Waals surface area contributed by atoms with Crippen LogP contribution in [-0.2, 0) is 12.8 Å². The van der Waals surface area contributed by atoms with E-state index < -0.39 is 0 Å². The molecule has 2 aromatic carbocycles. The van der Waals surface area contributed by atoms with Gasteiger partial charge in [0.05, 0.1) is 12.2 Å². The number of fused-ring (bicyclic) bond motifs is 2. The standard InChI is InChI=1S/C21H23ClN2O2/c1-2-16-13-24(19-12-15(22)10-11-20(19)26-16)21(25)23-18-9-5-7-14-6-3-4-8-17(14)18/h5,7,9-12,16H,2-4,6,8,13H2,1H3,(H,23,25). The molecule has 4 nitrogen and oxygen atoms in total. The zero-order valence-electron chi connectivity index (χ0n) is 14.9. The number of aryl methyl sites for hydroxylation is 1. The van der Waals surface area contributed by atoms with E-state index in [4.69, 9.17) is 16.3 Å². The Hall–Kier alpha value is -2.20. The van der Waals surface area contributed by atoms with Crippen molar-refractivity contribution in [1.29, 1.82) is 0 Å². The summed E-state index contributed by atoms with van der Waals surface area (Å²) in [6.45, 7) is 2.58. The normalized spacial score (nSPS) is 18.5. The number of hydrogen-bond donors (Lipinski definition) is 1. The molecule has 1 unspecified atom stereocenters. The van der Waals surface area contributed by atoms with Crippen LogP contribution in [0.1, 0.15) is 37.3 Å². The Labute approximate surface area is 159 Å². The van der Waals surface area contributed by atoms with E-state index in [1.165, 1.54) is 24.0 Å². The Morgan fingerprint density at radius 1 is 1.27 bits per heavy atom. The molecule has 4 rings (SSSR count). The van der Waals surface area contributed by atoms with Crippen LogP contribution in [-0.4, -0.2) is 18.7 Å². The van der Waals surface area contributed by atoms with Gasteiger partial charge in [-0.15, -0.1) is 0 Å². The van der Waals surface area contributed by atoms with Crippen molar-refractivity contribution in [2.75, 3.05) is 16.8 Å². The summed E-state index contributed by atoms with van der Waals surface area (Å²) in [7, 11) is 0. The molecule has 2 aliphatic rings. The highest BCUT2D eigenvalue weighted by molar-refractivity contribution is 6.31. The van der Waals surface area contributed by atoms with E-state index in [-0.39, 0.29) is 12.1 Å². The van der Waals surface area contributed by atoms with Crippen molar-refractivity contribution in [3.63, 3.8) is 0 Å². The van der Waals surface area contributed by atoms with E-state index in [0.29, 0.717) is 17.3 Å². The van der Waals surface area contributed by atoms with Crippen molar-refractivity contribution in [3.05, 3.63) is 52.5 Å². The van der Waals surface area contributed by atoms with Gasteiger partial charge in [0.15, 0.2) is 0 Å². The summed E-state index contributed by atoms with van der Waals surface area (Å²) in [5.74, 6) is 0.706. The molecule has 0 spiro atoms. The van der Waals surface area contributed by atoms with Gasteiger partial charge in [0, 0.05) is 10.7 Å². The first-order valence-corrected chi connectivity index (χ1v) is 9.69. The molecule has 0 aromatic heterocycles. The number of urea groups is 1. The maximum atomic E-state index is 13.1. The SMILES string of the molecule is CCC1CN(C(=O)Nc2cccc3c2CCCC3)c2cc(Cl)ccc2O1. The Kier molecular flexibility index (Phi) is 4.77. The Bertz CT molecular complexity index is 837. The lowest BCUT2D eigenvalue weighted by atomic mass is 9.90. The Morgan fingerprint density at radius 3 is 2.96 bits per heavy atom. The van der Waals surface area contributed by atoms with Crippen LogP contribution in [0, 0.1) is 0 Å². The van der Waals surface area contributed by atoms with E-state index >= 15 is 0 Å². The molecule has 2 aromatic rings. The molecule has 26 heavy (non-hydrogen) atoms. The predicted molar refractivity (Wildman–Crippen MR) is 106 cm³/mol. The first-order valence-electron chi connectivity index (χ1n) is 9.31. The second-order valence-electron chi connectivity index (χ2n) is 6.95. The summed E-state index contributed by atoms with van der Waals surface area (Å²) in [6, 6.07) is 11.5. The molecule has 5 heteroatoms. The van der Waals surface area contributed by atoms with Gasteiger partial charge in [-0.3, -0.25) is 4.90 Å². The van der Waals surface area contributed by atoms with Gasteiger partial charge in [0.2, 0.25) is 0 Å². The van der Waals surface area contributed by atoms with Gasteiger partial charge in [-0.1, -0.05) is 30.7 Å². The topological polar surface area (TPSA) is 41.6 Å². The third-order valence-corrected chi connectivity index (χ3v) is 5.46. The molecular formula is C21H23ClN2O2. The van der Waals surface area contributed by atoms with Gasteiger partial charge in [-0.2, -0.15) is 0 Å². The maximum Gasteiger partial charge on any atom is 0.326 e. The van der Waals surface area contributed by atoms with Gasteiger partial charge >= 0.3 is 6.03 Å². The third-order valence-electron chi connectivity index (χ3n) is 5.23. The Morgan fingerprint density at radius 2 is 2.12 bits per heavy atom. The molecule has 1 N–H and O–H groups in total. The van der Waals surface area contributed by atoms with Crippen molar-refractivity contribution in [2.45, 2.75) is 45.1 Å². The lowest BCUT2D eigenvalue weighted by Gasteiger charge is -2.35. The van der Waals surface area contributed by atoms with E-state index in [1.54, 1.807) is 17.0 Å². The number of halogens is 1. The smallest absolute Gasteiger partial charge is 0.326 e. The third kappa shape index (κ3) is 3.26. The number of amides is 2. The molecule has 0 saturated heterocycles. The van der Waals surface area contributed by atoms with E-state index in [1.807, 2.05) is 18.2 Å². The number of nitrogens with one attached hydrogen (secondary N) is 1. The molecule has 0 saturated carbocycles. The molecule has 1 heterocycles. The number of nitrogens with zero attached hydrogens (tertiary/aromatic N) is 1.